The third kappa shape index (κ3) is 4.83. The lowest BCUT2D eigenvalue weighted by molar-refractivity contribution is -0.150. The van der Waals surface area contributed by atoms with Crippen molar-refractivity contribution in [2.45, 2.75) is 13.5 Å². The number of carbonyl (C=O) groups is 1. The van der Waals surface area contributed by atoms with Crippen LogP contribution in [0.3, 0.4) is 0 Å². The van der Waals surface area contributed by atoms with Crippen molar-refractivity contribution in [1.29, 1.82) is 0 Å². The Morgan fingerprint density at radius 1 is 1.19 bits per heavy atom. The number of fused-ring (bicyclic) bond motifs is 1. The van der Waals surface area contributed by atoms with Crippen LogP contribution in [0.2, 0.25) is 5.02 Å². The largest absolute Gasteiger partial charge is 0.496 e. The van der Waals surface area contributed by atoms with Gasteiger partial charge in [0.15, 0.2) is 11.5 Å². The van der Waals surface area contributed by atoms with Gasteiger partial charge in [0.05, 0.1) is 12.8 Å². The van der Waals surface area contributed by atoms with Crippen LogP contribution < -0.4 is 14.2 Å². The van der Waals surface area contributed by atoms with Gasteiger partial charge < -0.3 is 23.8 Å². The summed E-state index contributed by atoms with van der Waals surface area (Å²) in [4.78, 5) is 16.9. The molecule has 0 radical (unpaired) electrons. The first-order valence-electron chi connectivity index (χ1n) is 8.11. The van der Waals surface area contributed by atoms with Crippen molar-refractivity contribution in [1.82, 2.24) is 0 Å². The fourth-order valence-electron chi connectivity index (χ4n) is 2.42. The Bertz CT molecular complexity index is 867. The zero-order chi connectivity index (χ0) is 19.2. The van der Waals surface area contributed by atoms with Gasteiger partial charge in [-0.1, -0.05) is 16.8 Å². The number of nitrogens with zero attached hydrogens (tertiary/aromatic N) is 1. The molecule has 0 unspecified atom stereocenters. The van der Waals surface area contributed by atoms with Crippen LogP contribution in [-0.4, -0.2) is 32.2 Å². The quantitative estimate of drug-likeness (QED) is 0.408. The maximum absolute atomic E-state index is 11.8. The molecule has 0 saturated carbocycles. The lowest BCUT2D eigenvalue weighted by Gasteiger charge is -2.09. The van der Waals surface area contributed by atoms with Crippen molar-refractivity contribution in [3.63, 3.8) is 0 Å². The molecule has 0 aliphatic carbocycles. The van der Waals surface area contributed by atoms with Gasteiger partial charge in [0.2, 0.25) is 13.4 Å². The molecule has 142 valence electrons. The molecule has 3 rings (SSSR count). The second-order valence-electron chi connectivity index (χ2n) is 5.64. The van der Waals surface area contributed by atoms with Gasteiger partial charge in [0, 0.05) is 16.1 Å². The Labute approximate surface area is 161 Å². The lowest BCUT2D eigenvalue weighted by atomic mass is 10.1. The maximum Gasteiger partial charge on any atom is 0.347 e. The summed E-state index contributed by atoms with van der Waals surface area (Å²) in [6, 6.07) is 10.5. The van der Waals surface area contributed by atoms with E-state index in [2.05, 4.69) is 5.16 Å². The SMILES string of the molecule is COc1ccc(Cl)cc1COC(=O)CO/N=C(\C)c1ccc2c(c1)OCO2. The van der Waals surface area contributed by atoms with E-state index in [1.807, 2.05) is 6.07 Å². The van der Waals surface area contributed by atoms with E-state index in [0.29, 0.717) is 33.5 Å². The number of hydrogen-bond donors (Lipinski definition) is 0. The number of halogens is 1. The van der Waals surface area contributed by atoms with E-state index in [1.54, 1.807) is 37.3 Å². The summed E-state index contributed by atoms with van der Waals surface area (Å²) in [5, 5.41) is 4.47. The number of methoxy groups -OCH3 is 1. The Morgan fingerprint density at radius 2 is 2.00 bits per heavy atom. The second-order valence-corrected chi connectivity index (χ2v) is 6.07. The Balaban J connectivity index is 1.50. The van der Waals surface area contributed by atoms with E-state index < -0.39 is 5.97 Å². The third-order valence-corrected chi connectivity index (χ3v) is 4.04. The summed E-state index contributed by atoms with van der Waals surface area (Å²) >= 11 is 5.95. The number of oxime groups is 1. The molecule has 1 aliphatic heterocycles. The number of carbonyl (C=O) groups excluding carboxylic acids is 1. The minimum Gasteiger partial charge on any atom is -0.496 e. The summed E-state index contributed by atoms with van der Waals surface area (Å²) in [6.07, 6.45) is 0. The van der Waals surface area contributed by atoms with Crippen LogP contribution in [0.25, 0.3) is 0 Å². The summed E-state index contributed by atoms with van der Waals surface area (Å²) in [6.45, 7) is 1.68. The number of esters is 1. The van der Waals surface area contributed by atoms with Gasteiger partial charge in [0.25, 0.3) is 0 Å². The zero-order valence-electron chi connectivity index (χ0n) is 14.9. The fraction of sp³-hybridized carbons (Fsp3) is 0.263. The normalized spacial score (nSPS) is 12.6. The van der Waals surface area contributed by atoms with E-state index in [1.165, 1.54) is 7.11 Å². The zero-order valence-corrected chi connectivity index (χ0v) is 15.6. The van der Waals surface area contributed by atoms with Gasteiger partial charge in [-0.15, -0.1) is 0 Å². The molecule has 0 aromatic heterocycles. The van der Waals surface area contributed by atoms with Crippen LogP contribution >= 0.6 is 11.6 Å². The van der Waals surface area contributed by atoms with Crippen molar-refractivity contribution < 1.29 is 28.6 Å². The van der Waals surface area contributed by atoms with Gasteiger partial charge in [-0.05, 0) is 43.3 Å². The third-order valence-electron chi connectivity index (χ3n) is 3.81. The molecule has 0 amide bonds. The highest BCUT2D eigenvalue weighted by Crippen LogP contribution is 2.32. The average molecular weight is 392 g/mol. The van der Waals surface area contributed by atoms with E-state index in [0.717, 1.165) is 5.56 Å². The molecule has 27 heavy (non-hydrogen) atoms. The highest BCUT2D eigenvalue weighted by molar-refractivity contribution is 6.30. The van der Waals surface area contributed by atoms with Gasteiger partial charge >= 0.3 is 5.97 Å². The predicted molar refractivity (Wildman–Crippen MR) is 98.5 cm³/mol. The summed E-state index contributed by atoms with van der Waals surface area (Å²) in [7, 11) is 1.53. The first-order chi connectivity index (χ1) is 13.1. The highest BCUT2D eigenvalue weighted by Gasteiger charge is 2.14. The van der Waals surface area contributed by atoms with Crippen LogP contribution in [-0.2, 0) is 21.0 Å². The monoisotopic (exact) mass is 391 g/mol. The van der Waals surface area contributed by atoms with Crippen molar-refractivity contribution in [3.8, 4) is 17.2 Å². The molecule has 7 nitrogen and oxygen atoms in total. The van der Waals surface area contributed by atoms with Crippen molar-refractivity contribution in [2.75, 3.05) is 20.5 Å². The van der Waals surface area contributed by atoms with Gasteiger partial charge in [-0.3, -0.25) is 0 Å². The molecule has 1 heterocycles. The predicted octanol–water partition coefficient (Wildman–Crippen LogP) is 3.56. The van der Waals surface area contributed by atoms with Gasteiger partial charge in [-0.2, -0.15) is 0 Å². The Kier molecular flexibility index (Phi) is 6.03. The average Bonchev–Trinajstić information content (AvgIpc) is 3.14. The Morgan fingerprint density at radius 3 is 2.81 bits per heavy atom. The van der Waals surface area contributed by atoms with E-state index in [9.17, 15) is 4.79 Å². The molecule has 8 heteroatoms. The highest BCUT2D eigenvalue weighted by atomic mass is 35.5. The molecule has 0 saturated heterocycles. The van der Waals surface area contributed by atoms with Crippen LogP contribution in [0.15, 0.2) is 41.6 Å². The summed E-state index contributed by atoms with van der Waals surface area (Å²) in [5.74, 6) is 1.37. The molecule has 2 aromatic rings. The number of benzene rings is 2. The van der Waals surface area contributed by atoms with E-state index >= 15 is 0 Å². The fourth-order valence-corrected chi connectivity index (χ4v) is 2.61. The molecule has 0 fully saturated rings. The van der Waals surface area contributed by atoms with Crippen LogP contribution in [0.1, 0.15) is 18.1 Å². The van der Waals surface area contributed by atoms with E-state index in [4.69, 9.17) is 35.4 Å². The smallest absolute Gasteiger partial charge is 0.347 e. The molecule has 0 spiro atoms. The molecular formula is C19H18ClNO6. The van der Waals surface area contributed by atoms with Crippen LogP contribution in [0.4, 0.5) is 0 Å². The van der Waals surface area contributed by atoms with Gasteiger partial charge in [-0.25, -0.2) is 4.79 Å². The number of rotatable bonds is 7. The maximum atomic E-state index is 11.8. The molecular weight excluding hydrogens is 374 g/mol. The minimum absolute atomic E-state index is 0.0246. The first kappa shape index (κ1) is 18.8. The molecule has 1 aliphatic rings. The summed E-state index contributed by atoms with van der Waals surface area (Å²) in [5.41, 5.74) is 2.06. The minimum atomic E-state index is -0.556. The topological polar surface area (TPSA) is 75.6 Å². The van der Waals surface area contributed by atoms with Crippen LogP contribution in [0.5, 0.6) is 17.2 Å². The van der Waals surface area contributed by atoms with Crippen molar-refractivity contribution >= 4 is 23.3 Å². The Hall–Kier alpha value is -2.93. The molecule has 0 N–H and O–H groups in total. The lowest BCUT2D eigenvalue weighted by Crippen LogP contribution is -2.12. The second kappa shape index (κ2) is 8.64. The molecule has 2 aromatic carbocycles. The van der Waals surface area contributed by atoms with Crippen molar-refractivity contribution in [2.24, 2.45) is 5.16 Å². The standard InChI is InChI=1S/C19H18ClNO6/c1-12(13-3-5-17-18(8-13)26-11-25-17)21-27-10-19(22)24-9-14-7-15(20)4-6-16(14)23-2/h3-8H,9-11H2,1-2H3/b21-12+. The number of hydrogen-bond acceptors (Lipinski definition) is 7. The number of ether oxygens (including phenoxy) is 4. The van der Waals surface area contributed by atoms with Crippen LogP contribution in [0, 0.1) is 0 Å². The first-order valence-corrected chi connectivity index (χ1v) is 8.49. The van der Waals surface area contributed by atoms with Gasteiger partial charge in [0.1, 0.15) is 12.4 Å². The molecule has 0 atom stereocenters. The summed E-state index contributed by atoms with van der Waals surface area (Å²) < 4.78 is 21.0. The molecule has 0 bridgehead atoms. The van der Waals surface area contributed by atoms with E-state index in [-0.39, 0.29) is 20.0 Å². The van der Waals surface area contributed by atoms with Crippen molar-refractivity contribution in [3.05, 3.63) is 52.5 Å².